The molecule has 0 amide bonds. The van der Waals surface area contributed by atoms with Gasteiger partial charge in [0.05, 0.1) is 25.3 Å². The van der Waals surface area contributed by atoms with Crippen LogP contribution in [0.15, 0.2) is 97.1 Å². The zero-order valence-electron chi connectivity index (χ0n) is 25.1. The lowest BCUT2D eigenvalue weighted by molar-refractivity contribution is -0.134. The van der Waals surface area contributed by atoms with Gasteiger partial charge in [0, 0.05) is 22.6 Å². The summed E-state index contributed by atoms with van der Waals surface area (Å²) < 4.78 is 21.4. The molecule has 0 aromatic heterocycles. The molecule has 0 spiro atoms. The highest BCUT2D eigenvalue weighted by molar-refractivity contribution is 6.13. The van der Waals surface area contributed by atoms with Crippen LogP contribution in [-0.2, 0) is 19.1 Å². The average Bonchev–Trinajstić information content (AvgIpc) is 3.10. The predicted octanol–water partition coefficient (Wildman–Crippen LogP) is 6.81. The van der Waals surface area contributed by atoms with Crippen molar-refractivity contribution in [3.8, 4) is 47.0 Å². The Morgan fingerprint density at radius 2 is 0.913 bits per heavy atom. The normalized spacial score (nSPS) is 10.2. The molecule has 0 bridgehead atoms. The molecule has 0 saturated carbocycles. The van der Waals surface area contributed by atoms with Crippen LogP contribution in [0.3, 0.4) is 0 Å². The minimum absolute atomic E-state index is 0.0355. The minimum Gasteiger partial charge on any atom is -0.480 e. The molecule has 6 nitrogen and oxygen atoms in total. The number of methoxy groups -OCH3 is 2. The molecule has 46 heavy (non-hydrogen) atoms. The van der Waals surface area contributed by atoms with Gasteiger partial charge in [-0.05, 0) is 56.3 Å². The standard InChI is InChI=1S/C40H26O6/c1-43-37(41)13-7-25-45-35-23-19-29-17-15-27-9-3-5-11-31(27)39(29)33(35)21-22-34-36(46-26-8-14-38(42)44-2)24-20-30-18-16-28-10-4-6-12-32(28)40(30)34/h3-6,9-12,15-20,23-24H,25-26H2,1-2H3. The average molecular weight is 603 g/mol. The van der Waals surface area contributed by atoms with Gasteiger partial charge >= 0.3 is 11.9 Å². The lowest BCUT2D eigenvalue weighted by Gasteiger charge is -2.13. The quantitative estimate of drug-likeness (QED) is 0.0956. The van der Waals surface area contributed by atoms with E-state index in [1.54, 1.807) is 0 Å². The number of hydrogen-bond acceptors (Lipinski definition) is 6. The Morgan fingerprint density at radius 3 is 1.35 bits per heavy atom. The Labute approximate surface area is 265 Å². The highest BCUT2D eigenvalue weighted by Crippen LogP contribution is 2.36. The van der Waals surface area contributed by atoms with Gasteiger partial charge in [0.25, 0.3) is 0 Å². The number of benzene rings is 6. The van der Waals surface area contributed by atoms with E-state index in [2.05, 4.69) is 93.5 Å². The Morgan fingerprint density at radius 1 is 0.522 bits per heavy atom. The van der Waals surface area contributed by atoms with Crippen LogP contribution >= 0.6 is 0 Å². The first kappa shape index (κ1) is 29.6. The maximum atomic E-state index is 11.5. The van der Waals surface area contributed by atoms with E-state index >= 15 is 0 Å². The van der Waals surface area contributed by atoms with E-state index < -0.39 is 11.9 Å². The molecule has 0 saturated heterocycles. The molecule has 6 rings (SSSR count). The molecule has 0 atom stereocenters. The number of hydrogen-bond donors (Lipinski definition) is 0. The minimum atomic E-state index is -0.639. The van der Waals surface area contributed by atoms with Gasteiger partial charge in [-0.2, -0.15) is 0 Å². The molecule has 222 valence electrons. The van der Waals surface area contributed by atoms with Crippen molar-refractivity contribution >= 4 is 55.0 Å². The van der Waals surface area contributed by atoms with Gasteiger partial charge in [0.1, 0.15) is 24.7 Å². The summed E-state index contributed by atoms with van der Waals surface area (Å²) in [6.45, 7) is -0.0711. The first-order chi connectivity index (χ1) is 22.6. The summed E-state index contributed by atoms with van der Waals surface area (Å²) in [7, 11) is 2.56. The molecular weight excluding hydrogens is 576 g/mol. The fourth-order valence-electron chi connectivity index (χ4n) is 5.32. The molecular formula is C40H26O6. The van der Waals surface area contributed by atoms with E-state index in [0.717, 1.165) is 43.1 Å². The number of esters is 2. The first-order valence-electron chi connectivity index (χ1n) is 14.4. The van der Waals surface area contributed by atoms with Gasteiger partial charge in [-0.3, -0.25) is 0 Å². The Hall–Kier alpha value is -6.42. The van der Waals surface area contributed by atoms with Crippen LogP contribution in [0.5, 0.6) is 11.5 Å². The van der Waals surface area contributed by atoms with Crippen molar-refractivity contribution in [1.29, 1.82) is 0 Å². The van der Waals surface area contributed by atoms with Crippen LogP contribution < -0.4 is 9.47 Å². The van der Waals surface area contributed by atoms with Gasteiger partial charge < -0.3 is 18.9 Å². The summed E-state index contributed by atoms with van der Waals surface area (Å²) in [5, 5.41) is 8.01. The van der Waals surface area contributed by atoms with Gasteiger partial charge in [-0.15, -0.1) is 0 Å². The highest BCUT2D eigenvalue weighted by atomic mass is 16.5. The number of carbonyl (C=O) groups excluding carboxylic acids is 2. The monoisotopic (exact) mass is 602 g/mol. The van der Waals surface area contributed by atoms with Crippen molar-refractivity contribution in [2.24, 2.45) is 0 Å². The van der Waals surface area contributed by atoms with E-state index in [-0.39, 0.29) is 13.2 Å². The predicted molar refractivity (Wildman–Crippen MR) is 179 cm³/mol. The zero-order chi connectivity index (χ0) is 31.9. The van der Waals surface area contributed by atoms with Crippen molar-refractivity contribution in [3.05, 3.63) is 108 Å². The number of rotatable bonds is 4. The smallest absolute Gasteiger partial charge is 0.384 e. The second-order valence-electron chi connectivity index (χ2n) is 10.1. The van der Waals surface area contributed by atoms with E-state index in [1.165, 1.54) is 14.2 Å². The third kappa shape index (κ3) is 6.13. The summed E-state index contributed by atoms with van der Waals surface area (Å²) in [4.78, 5) is 23.1. The second-order valence-corrected chi connectivity index (χ2v) is 10.1. The summed E-state index contributed by atoms with van der Waals surface area (Å²) in [5.74, 6) is 16.8. The van der Waals surface area contributed by atoms with Crippen LogP contribution in [0.2, 0.25) is 0 Å². The summed E-state index contributed by atoms with van der Waals surface area (Å²) in [6, 6.07) is 32.2. The van der Waals surface area contributed by atoms with Crippen molar-refractivity contribution in [3.63, 3.8) is 0 Å². The second kappa shape index (κ2) is 13.5. The van der Waals surface area contributed by atoms with Gasteiger partial charge in [0.2, 0.25) is 0 Å². The molecule has 0 fully saturated rings. The lowest BCUT2D eigenvalue weighted by Crippen LogP contribution is -2.01. The third-order valence-corrected chi connectivity index (χ3v) is 7.41. The van der Waals surface area contributed by atoms with E-state index in [1.807, 2.05) is 48.5 Å². The maximum Gasteiger partial charge on any atom is 0.384 e. The molecule has 6 aromatic carbocycles. The van der Waals surface area contributed by atoms with Crippen LogP contribution in [0.4, 0.5) is 0 Å². The molecule has 6 heteroatoms. The molecule has 0 radical (unpaired) electrons. The third-order valence-electron chi connectivity index (χ3n) is 7.41. The fourth-order valence-corrected chi connectivity index (χ4v) is 5.32. The maximum absolute atomic E-state index is 11.5. The number of fused-ring (bicyclic) bond motifs is 6. The van der Waals surface area contributed by atoms with Crippen LogP contribution in [0, 0.1) is 35.5 Å². The highest BCUT2D eigenvalue weighted by Gasteiger charge is 2.14. The number of ether oxygens (including phenoxy) is 4. The molecule has 0 aliphatic carbocycles. The van der Waals surface area contributed by atoms with Crippen molar-refractivity contribution in [2.75, 3.05) is 27.4 Å². The first-order valence-corrected chi connectivity index (χ1v) is 14.4. The summed E-state index contributed by atoms with van der Waals surface area (Å²) in [5.41, 5.74) is 1.34. The Bertz CT molecular complexity index is 2190. The van der Waals surface area contributed by atoms with Gasteiger partial charge in [0.15, 0.2) is 0 Å². The number of carbonyl (C=O) groups is 2. The van der Waals surface area contributed by atoms with Gasteiger partial charge in [-0.25, -0.2) is 9.59 Å². The SMILES string of the molecule is COC(=O)C#CCOc1ccc2ccc3ccccc3c2c1C#Cc1c(OCC#CC(=O)OC)ccc2ccc3ccccc3c12. The Kier molecular flexibility index (Phi) is 8.69. The van der Waals surface area contributed by atoms with Crippen molar-refractivity contribution < 1.29 is 28.5 Å². The van der Waals surface area contributed by atoms with Crippen LogP contribution in [-0.4, -0.2) is 39.4 Å². The molecule has 0 heterocycles. The van der Waals surface area contributed by atoms with Crippen molar-refractivity contribution in [2.45, 2.75) is 0 Å². The molecule has 0 N–H and O–H groups in total. The van der Waals surface area contributed by atoms with E-state index in [4.69, 9.17) is 9.47 Å². The Balaban J connectivity index is 1.57. The van der Waals surface area contributed by atoms with Crippen molar-refractivity contribution in [1.82, 2.24) is 0 Å². The van der Waals surface area contributed by atoms with E-state index in [0.29, 0.717) is 22.6 Å². The summed E-state index contributed by atoms with van der Waals surface area (Å²) in [6.07, 6.45) is 0. The van der Waals surface area contributed by atoms with Gasteiger partial charge in [-0.1, -0.05) is 96.8 Å². The molecule has 6 aromatic rings. The fraction of sp³-hybridized carbons (Fsp3) is 0.100. The summed E-state index contributed by atoms with van der Waals surface area (Å²) >= 11 is 0. The molecule has 0 aliphatic rings. The molecule has 0 unspecified atom stereocenters. The van der Waals surface area contributed by atoms with Crippen LogP contribution in [0.1, 0.15) is 11.1 Å². The largest absolute Gasteiger partial charge is 0.480 e. The van der Waals surface area contributed by atoms with E-state index in [9.17, 15) is 9.59 Å². The lowest BCUT2D eigenvalue weighted by atomic mass is 9.95. The zero-order valence-corrected chi connectivity index (χ0v) is 25.1. The topological polar surface area (TPSA) is 71.1 Å². The molecule has 0 aliphatic heterocycles. The van der Waals surface area contributed by atoms with Crippen LogP contribution in [0.25, 0.3) is 43.1 Å².